The lowest BCUT2D eigenvalue weighted by Gasteiger charge is -2.34. The summed E-state index contributed by atoms with van der Waals surface area (Å²) < 4.78 is 16.5. The molecule has 0 radical (unpaired) electrons. The third-order valence-electron chi connectivity index (χ3n) is 4.36. The van der Waals surface area contributed by atoms with E-state index in [2.05, 4.69) is 16.5 Å². The fraction of sp³-hybridized carbons (Fsp3) is 0.533. The molecule has 0 aliphatic heterocycles. The Morgan fingerprint density at radius 1 is 1.32 bits per heavy atom. The highest BCUT2D eigenvalue weighted by atomic mass is 32.1. The Morgan fingerprint density at radius 2 is 2.05 bits per heavy atom. The quantitative estimate of drug-likeness (QED) is 0.782. The number of hydrogen-bond donors (Lipinski definition) is 1. The summed E-state index contributed by atoms with van der Waals surface area (Å²) in [6, 6.07) is 5.16. The predicted molar refractivity (Wildman–Crippen MR) is 78.3 cm³/mol. The molecule has 102 valence electrons. The molecule has 1 aliphatic carbocycles. The van der Waals surface area contributed by atoms with E-state index >= 15 is 0 Å². The SMILES string of the molecule is CC1(Cn2c(=S)[nH]c3c(F)cccc32)CCCCC1. The molecule has 0 saturated heterocycles. The van der Waals surface area contributed by atoms with Gasteiger partial charge in [-0.25, -0.2) is 4.39 Å². The first kappa shape index (κ1) is 12.9. The van der Waals surface area contributed by atoms with Crippen LogP contribution in [0, 0.1) is 16.0 Å². The van der Waals surface area contributed by atoms with E-state index in [0.717, 1.165) is 12.1 Å². The second kappa shape index (κ2) is 4.75. The molecule has 1 saturated carbocycles. The average molecular weight is 278 g/mol. The van der Waals surface area contributed by atoms with E-state index in [0.29, 0.717) is 10.3 Å². The standard InChI is InChI=1S/C15H19FN2S/c1-15(8-3-2-4-9-15)10-18-12-7-5-6-11(16)13(12)17-14(18)19/h5-7H,2-4,8-10H2,1H3,(H,17,19). The molecule has 1 aliphatic rings. The predicted octanol–water partition coefficient (Wildman–Crippen LogP) is 4.81. The zero-order chi connectivity index (χ0) is 13.5. The first-order valence-electron chi connectivity index (χ1n) is 6.96. The Hall–Kier alpha value is -1.16. The molecule has 1 fully saturated rings. The van der Waals surface area contributed by atoms with Gasteiger partial charge in [-0.05, 0) is 42.6 Å². The van der Waals surface area contributed by atoms with E-state index in [4.69, 9.17) is 12.2 Å². The van der Waals surface area contributed by atoms with E-state index in [1.54, 1.807) is 6.07 Å². The Labute approximate surface area is 117 Å². The molecule has 2 nitrogen and oxygen atoms in total. The minimum atomic E-state index is -0.226. The van der Waals surface area contributed by atoms with E-state index < -0.39 is 0 Å². The summed E-state index contributed by atoms with van der Waals surface area (Å²) in [6.07, 6.45) is 6.39. The molecule has 1 aromatic carbocycles. The van der Waals surface area contributed by atoms with Gasteiger partial charge in [-0.2, -0.15) is 0 Å². The van der Waals surface area contributed by atoms with Crippen molar-refractivity contribution in [2.75, 3.05) is 0 Å². The maximum atomic E-state index is 13.8. The van der Waals surface area contributed by atoms with Crippen LogP contribution in [-0.2, 0) is 6.54 Å². The third kappa shape index (κ3) is 2.34. The summed E-state index contributed by atoms with van der Waals surface area (Å²) >= 11 is 5.37. The highest BCUT2D eigenvalue weighted by Gasteiger charge is 2.28. The second-order valence-electron chi connectivity index (χ2n) is 6.02. The van der Waals surface area contributed by atoms with Crippen LogP contribution in [0.2, 0.25) is 0 Å². The molecular formula is C15H19FN2S. The van der Waals surface area contributed by atoms with Crippen LogP contribution in [0.5, 0.6) is 0 Å². The number of halogens is 1. The molecule has 0 atom stereocenters. The largest absolute Gasteiger partial charge is 0.328 e. The molecule has 2 aromatic rings. The zero-order valence-electron chi connectivity index (χ0n) is 11.2. The summed E-state index contributed by atoms with van der Waals surface area (Å²) in [4.78, 5) is 3.00. The molecule has 0 amide bonds. The molecule has 1 heterocycles. The van der Waals surface area contributed by atoms with Crippen molar-refractivity contribution >= 4 is 23.3 Å². The molecule has 0 unspecified atom stereocenters. The van der Waals surface area contributed by atoms with Gasteiger partial charge in [-0.15, -0.1) is 0 Å². The Balaban J connectivity index is 2.03. The van der Waals surface area contributed by atoms with Crippen molar-refractivity contribution < 1.29 is 4.39 Å². The molecule has 4 heteroatoms. The van der Waals surface area contributed by atoms with Crippen LogP contribution in [0.4, 0.5) is 4.39 Å². The number of aromatic amines is 1. The number of imidazole rings is 1. The molecule has 1 N–H and O–H groups in total. The lowest BCUT2D eigenvalue weighted by atomic mass is 9.75. The van der Waals surface area contributed by atoms with Gasteiger partial charge in [0.1, 0.15) is 11.3 Å². The van der Waals surface area contributed by atoms with E-state index in [1.165, 1.54) is 38.2 Å². The number of nitrogens with zero attached hydrogens (tertiary/aromatic N) is 1. The minimum Gasteiger partial charge on any atom is -0.328 e. The molecular weight excluding hydrogens is 259 g/mol. The number of nitrogens with one attached hydrogen (secondary N) is 1. The molecule has 3 rings (SSSR count). The van der Waals surface area contributed by atoms with Gasteiger partial charge in [0.15, 0.2) is 4.77 Å². The molecule has 0 spiro atoms. The second-order valence-corrected chi connectivity index (χ2v) is 6.41. The van der Waals surface area contributed by atoms with Crippen molar-refractivity contribution in [3.8, 4) is 0 Å². The van der Waals surface area contributed by atoms with Gasteiger partial charge in [-0.1, -0.05) is 32.3 Å². The van der Waals surface area contributed by atoms with Gasteiger partial charge < -0.3 is 9.55 Å². The van der Waals surface area contributed by atoms with Gasteiger partial charge in [0.2, 0.25) is 0 Å². The van der Waals surface area contributed by atoms with Gasteiger partial charge in [-0.3, -0.25) is 0 Å². The van der Waals surface area contributed by atoms with Gasteiger partial charge >= 0.3 is 0 Å². The van der Waals surface area contributed by atoms with Crippen LogP contribution in [0.3, 0.4) is 0 Å². The number of H-pyrrole nitrogens is 1. The highest BCUT2D eigenvalue weighted by molar-refractivity contribution is 7.71. The average Bonchev–Trinajstić information content (AvgIpc) is 2.69. The monoisotopic (exact) mass is 278 g/mol. The molecule has 0 bridgehead atoms. The van der Waals surface area contributed by atoms with Crippen molar-refractivity contribution in [3.63, 3.8) is 0 Å². The summed E-state index contributed by atoms with van der Waals surface area (Å²) in [5.74, 6) is -0.226. The first-order valence-corrected chi connectivity index (χ1v) is 7.37. The van der Waals surface area contributed by atoms with Crippen LogP contribution < -0.4 is 0 Å². The number of hydrogen-bond acceptors (Lipinski definition) is 1. The Bertz CT molecular complexity index is 650. The van der Waals surface area contributed by atoms with Crippen LogP contribution in [0.1, 0.15) is 39.0 Å². The van der Waals surface area contributed by atoms with Crippen molar-refractivity contribution in [2.45, 2.75) is 45.6 Å². The van der Waals surface area contributed by atoms with E-state index in [1.807, 2.05) is 6.07 Å². The first-order chi connectivity index (χ1) is 9.09. The van der Waals surface area contributed by atoms with Crippen LogP contribution >= 0.6 is 12.2 Å². The summed E-state index contributed by atoms with van der Waals surface area (Å²) in [7, 11) is 0. The number of aromatic nitrogens is 2. The van der Waals surface area contributed by atoms with Crippen LogP contribution in [-0.4, -0.2) is 9.55 Å². The maximum absolute atomic E-state index is 13.8. The van der Waals surface area contributed by atoms with Crippen molar-refractivity contribution in [3.05, 3.63) is 28.8 Å². The van der Waals surface area contributed by atoms with E-state index in [-0.39, 0.29) is 11.2 Å². The van der Waals surface area contributed by atoms with E-state index in [9.17, 15) is 4.39 Å². The fourth-order valence-corrected chi connectivity index (χ4v) is 3.51. The minimum absolute atomic E-state index is 0.226. The Kier molecular flexibility index (Phi) is 3.21. The number of fused-ring (bicyclic) bond motifs is 1. The lowest BCUT2D eigenvalue weighted by molar-refractivity contribution is 0.184. The van der Waals surface area contributed by atoms with Gasteiger partial charge in [0.25, 0.3) is 0 Å². The topological polar surface area (TPSA) is 20.7 Å². The summed E-state index contributed by atoms with van der Waals surface area (Å²) in [6.45, 7) is 3.21. The molecule has 19 heavy (non-hydrogen) atoms. The summed E-state index contributed by atoms with van der Waals surface area (Å²) in [5, 5.41) is 0. The lowest BCUT2D eigenvalue weighted by Crippen LogP contribution is -2.26. The number of benzene rings is 1. The maximum Gasteiger partial charge on any atom is 0.178 e. The number of rotatable bonds is 2. The van der Waals surface area contributed by atoms with Crippen LogP contribution in [0.15, 0.2) is 18.2 Å². The highest BCUT2D eigenvalue weighted by Crippen LogP contribution is 2.38. The van der Waals surface area contributed by atoms with Crippen LogP contribution in [0.25, 0.3) is 11.0 Å². The van der Waals surface area contributed by atoms with Crippen molar-refractivity contribution in [2.24, 2.45) is 5.41 Å². The normalized spacial score (nSPS) is 18.8. The molecule has 1 aromatic heterocycles. The van der Waals surface area contributed by atoms with Gasteiger partial charge in [0.05, 0.1) is 5.52 Å². The fourth-order valence-electron chi connectivity index (χ4n) is 3.25. The summed E-state index contributed by atoms with van der Waals surface area (Å²) in [5.41, 5.74) is 1.71. The number of para-hydroxylation sites is 1. The smallest absolute Gasteiger partial charge is 0.178 e. The van der Waals surface area contributed by atoms with Gasteiger partial charge in [0, 0.05) is 6.54 Å². The van der Waals surface area contributed by atoms with Crippen molar-refractivity contribution in [1.82, 2.24) is 9.55 Å². The zero-order valence-corrected chi connectivity index (χ0v) is 12.0. The van der Waals surface area contributed by atoms with Crippen molar-refractivity contribution in [1.29, 1.82) is 0 Å². The third-order valence-corrected chi connectivity index (χ3v) is 4.68. The Morgan fingerprint density at radius 3 is 2.79 bits per heavy atom.